The van der Waals surface area contributed by atoms with Crippen LogP contribution in [0.25, 0.3) is 22.0 Å². The van der Waals surface area contributed by atoms with Crippen LogP contribution in [0.5, 0.6) is 0 Å². The maximum Gasteiger partial charge on any atom is 0.303 e. The second-order valence-corrected chi connectivity index (χ2v) is 18.4. The number of H-pyrrole nitrogens is 1. The quantitative estimate of drug-likeness (QED) is 0.0761. The summed E-state index contributed by atoms with van der Waals surface area (Å²) in [5.41, 5.74) is -2.49. The number of fused-ring (bicyclic) bond motifs is 2. The summed E-state index contributed by atoms with van der Waals surface area (Å²) in [5, 5.41) is 11.5. The van der Waals surface area contributed by atoms with Crippen LogP contribution in [0.3, 0.4) is 0 Å². The lowest BCUT2D eigenvalue weighted by molar-refractivity contribution is -0.137. The minimum Gasteiger partial charge on any atom is -0.481 e. The van der Waals surface area contributed by atoms with Gasteiger partial charge in [0.25, 0.3) is 35.9 Å². The monoisotopic (exact) mass is 818 g/mol. The first-order chi connectivity index (χ1) is 25.1. The van der Waals surface area contributed by atoms with Gasteiger partial charge in [-0.1, -0.05) is 36.4 Å². The fourth-order valence-corrected chi connectivity index (χ4v) is 9.52. The molecule has 282 valence electrons. The van der Waals surface area contributed by atoms with Crippen molar-refractivity contribution in [2.75, 3.05) is 11.1 Å². The van der Waals surface area contributed by atoms with Crippen molar-refractivity contribution in [2.45, 2.75) is 38.8 Å². The molecule has 1 aliphatic rings. The van der Waals surface area contributed by atoms with Gasteiger partial charge >= 0.3 is 5.97 Å². The number of anilines is 2. The van der Waals surface area contributed by atoms with Gasteiger partial charge in [0, 0.05) is 35.0 Å². The molecule has 0 atom stereocenters. The molecule has 6 rings (SSSR count). The Balaban J connectivity index is 1.63. The molecule has 21 heteroatoms. The molecule has 0 radical (unpaired) electrons. The van der Waals surface area contributed by atoms with Crippen LogP contribution in [0.2, 0.25) is 0 Å². The molecule has 0 fully saturated rings. The maximum absolute atomic E-state index is 14.1. The van der Waals surface area contributed by atoms with Crippen molar-refractivity contribution in [3.05, 3.63) is 105 Å². The summed E-state index contributed by atoms with van der Waals surface area (Å²) >= 11 is 0. The molecule has 0 saturated heterocycles. The third-order valence-corrected chi connectivity index (χ3v) is 13.0. The number of sulfone groups is 1. The van der Waals surface area contributed by atoms with Crippen LogP contribution >= 0.6 is 0 Å². The molecule has 54 heavy (non-hydrogen) atoms. The summed E-state index contributed by atoms with van der Waals surface area (Å²) < 4.78 is 131. The van der Waals surface area contributed by atoms with Gasteiger partial charge in [0.1, 0.15) is 9.79 Å². The van der Waals surface area contributed by atoms with Crippen LogP contribution in [0.15, 0.2) is 97.2 Å². The van der Waals surface area contributed by atoms with Gasteiger partial charge in [-0.25, -0.2) is 8.42 Å². The number of aromatic amines is 1. The number of carboxylic acid groups (broad SMARTS) is 1. The lowest BCUT2D eigenvalue weighted by Crippen LogP contribution is -2.24. The number of hydrogen-bond acceptors (Lipinski definition) is 12. The summed E-state index contributed by atoms with van der Waals surface area (Å²) in [6, 6.07) is 13.9. The van der Waals surface area contributed by atoms with Crippen LogP contribution in [0.1, 0.15) is 39.9 Å². The van der Waals surface area contributed by atoms with Gasteiger partial charge in [0.15, 0.2) is 15.6 Å². The number of hydrogen-bond donors (Lipinski definition) is 6. The summed E-state index contributed by atoms with van der Waals surface area (Å²) in [7, 11) is -19.5. The predicted octanol–water partition coefficient (Wildman–Crippen LogP) is 3.45. The number of nitrogens with one attached hydrogen (secondary N) is 2. The Bertz CT molecular complexity index is 2970. The Morgan fingerprint density at radius 1 is 0.741 bits per heavy atom. The van der Waals surface area contributed by atoms with Crippen molar-refractivity contribution in [2.24, 2.45) is 0 Å². The van der Waals surface area contributed by atoms with Crippen molar-refractivity contribution in [1.29, 1.82) is 0 Å². The highest BCUT2D eigenvalue weighted by atomic mass is 32.2. The Kier molecular flexibility index (Phi) is 9.63. The third kappa shape index (κ3) is 7.29. The number of ketones is 1. The van der Waals surface area contributed by atoms with Gasteiger partial charge in [-0.15, -0.1) is 0 Å². The van der Waals surface area contributed by atoms with Crippen LogP contribution < -0.4 is 10.9 Å². The highest BCUT2D eigenvalue weighted by Crippen LogP contribution is 2.46. The average molecular weight is 819 g/mol. The van der Waals surface area contributed by atoms with E-state index in [-0.39, 0.29) is 46.2 Å². The first-order valence-corrected chi connectivity index (χ1v) is 21.3. The van der Waals surface area contributed by atoms with Gasteiger partial charge in [-0.2, -0.15) is 25.3 Å². The SMILES string of the molecule is O=C(O)CCCS(=O)(=O)c1ccc(Nc2cc(S(=O)(=O)O)c3[nH]c(=O)c(C(=O)c4cccc(S(=O)(=O)O)c4)c4c3c2Cc2ccccc2-4)c(S(=O)(=O)O)c1. The molecule has 0 aliphatic heterocycles. The number of aromatic nitrogens is 1. The Morgan fingerprint density at radius 2 is 1.43 bits per heavy atom. The summed E-state index contributed by atoms with van der Waals surface area (Å²) in [6.07, 6.45) is -0.867. The molecule has 0 spiro atoms. The highest BCUT2D eigenvalue weighted by Gasteiger charge is 2.33. The third-order valence-electron chi connectivity index (χ3n) is 8.58. The number of carbonyl (C=O) groups is 2. The van der Waals surface area contributed by atoms with Crippen LogP contribution in [0.4, 0.5) is 11.4 Å². The number of aliphatic carboxylic acids is 1. The van der Waals surface area contributed by atoms with E-state index >= 15 is 0 Å². The van der Waals surface area contributed by atoms with Crippen molar-refractivity contribution >= 4 is 74.2 Å². The van der Waals surface area contributed by atoms with Crippen LogP contribution in [-0.2, 0) is 51.4 Å². The molecule has 5 aromatic rings. The van der Waals surface area contributed by atoms with E-state index in [0.29, 0.717) is 11.6 Å². The molecule has 1 aliphatic carbocycles. The lowest BCUT2D eigenvalue weighted by Gasteiger charge is -2.26. The summed E-state index contributed by atoms with van der Waals surface area (Å²) in [5.74, 6) is -2.97. The van der Waals surface area contributed by atoms with Crippen molar-refractivity contribution in [1.82, 2.24) is 4.98 Å². The Morgan fingerprint density at radius 3 is 2.07 bits per heavy atom. The molecular weight excluding hydrogens is 793 g/mol. The Hall–Kier alpha value is -5.29. The van der Waals surface area contributed by atoms with E-state index in [1.165, 1.54) is 12.1 Å². The van der Waals surface area contributed by atoms with E-state index in [9.17, 15) is 61.7 Å². The zero-order valence-corrected chi connectivity index (χ0v) is 30.4. The van der Waals surface area contributed by atoms with Crippen LogP contribution in [-0.4, -0.2) is 74.9 Å². The van der Waals surface area contributed by atoms with Gasteiger partial charge in [-0.05, 0) is 59.5 Å². The van der Waals surface area contributed by atoms with Gasteiger partial charge < -0.3 is 15.4 Å². The van der Waals surface area contributed by atoms with Crippen LogP contribution in [0, 0.1) is 0 Å². The molecule has 0 saturated carbocycles. The second-order valence-electron chi connectivity index (χ2n) is 12.1. The maximum atomic E-state index is 14.1. The number of carboxylic acids is 1. The molecule has 0 bridgehead atoms. The fraction of sp³-hybridized carbons (Fsp3) is 0.121. The van der Waals surface area contributed by atoms with E-state index in [1.54, 1.807) is 18.2 Å². The molecule has 0 amide bonds. The van der Waals surface area contributed by atoms with E-state index in [0.717, 1.165) is 36.4 Å². The van der Waals surface area contributed by atoms with Crippen molar-refractivity contribution in [3.63, 3.8) is 0 Å². The van der Waals surface area contributed by atoms with E-state index in [1.807, 2.05) is 0 Å². The number of benzene rings is 4. The molecular formula is C33H26N2O15S4. The standard InChI is InChI=1S/C33H26N2O15S4/c36-27(37)9-4-12-51(40,41)19-10-11-23(25(15-19)53(45,46)47)34-24-16-26(54(48,49)50)31-29-22(24)14-17-5-1-2-8-21(17)28(29)30(33(39)35-31)32(38)18-6-3-7-20(13-18)52(42,43)44/h1-3,5-8,10-11,13,15-16,34H,4,9,12,14H2,(H,35,39)(H,36,37)(H,42,43,44)(H,45,46,47)(H,48,49,50). The number of pyridine rings is 1. The van der Waals surface area contributed by atoms with Gasteiger partial charge in [0.2, 0.25) is 0 Å². The topological polar surface area (TPSA) is 297 Å². The first kappa shape index (κ1) is 38.4. The minimum atomic E-state index is -5.22. The normalized spacial score (nSPS) is 13.0. The molecule has 1 heterocycles. The number of carbonyl (C=O) groups excluding carboxylic acids is 1. The average Bonchev–Trinajstić information content (AvgIpc) is 3.07. The zero-order chi connectivity index (χ0) is 39.5. The summed E-state index contributed by atoms with van der Waals surface area (Å²) in [6.45, 7) is 0. The van der Waals surface area contributed by atoms with Crippen molar-refractivity contribution in [3.8, 4) is 11.1 Å². The first-order valence-electron chi connectivity index (χ1n) is 15.3. The molecule has 4 aromatic carbocycles. The number of rotatable bonds is 12. The van der Waals surface area contributed by atoms with E-state index in [4.69, 9.17) is 5.11 Å². The minimum absolute atomic E-state index is 0.0665. The largest absolute Gasteiger partial charge is 0.481 e. The zero-order valence-electron chi connectivity index (χ0n) is 27.2. The molecule has 1 aromatic heterocycles. The predicted molar refractivity (Wildman–Crippen MR) is 191 cm³/mol. The highest BCUT2D eigenvalue weighted by molar-refractivity contribution is 7.91. The lowest BCUT2D eigenvalue weighted by atomic mass is 9.81. The Labute approximate surface area is 306 Å². The summed E-state index contributed by atoms with van der Waals surface area (Å²) in [4.78, 5) is 38.0. The molecule has 17 nitrogen and oxygen atoms in total. The van der Waals surface area contributed by atoms with E-state index < -0.39 is 106 Å². The molecule has 6 N–H and O–H groups in total. The van der Waals surface area contributed by atoms with Gasteiger partial charge in [0.05, 0.1) is 32.3 Å². The molecule has 0 unspecified atom stereocenters. The smallest absolute Gasteiger partial charge is 0.303 e. The van der Waals surface area contributed by atoms with E-state index in [2.05, 4.69) is 10.3 Å². The van der Waals surface area contributed by atoms with Crippen molar-refractivity contribution < 1.29 is 62.0 Å². The van der Waals surface area contributed by atoms with Gasteiger partial charge in [-0.3, -0.25) is 28.0 Å². The fourth-order valence-electron chi connectivity index (χ4n) is 6.24. The second kappa shape index (κ2) is 13.5.